The first-order valence-corrected chi connectivity index (χ1v) is 13.1. The quantitative estimate of drug-likeness (QED) is 0.265. The number of methoxy groups -OCH3 is 1. The van der Waals surface area contributed by atoms with Crippen LogP contribution in [0.25, 0.3) is 5.69 Å². The van der Waals surface area contributed by atoms with Gasteiger partial charge in [-0.25, -0.2) is 0 Å². The van der Waals surface area contributed by atoms with Gasteiger partial charge in [0.25, 0.3) is 0 Å². The SMILES string of the molecule is COc1ccccc1NC(=O)CCN1C(=S)N[C@@H](c2ccccn2)[C@@H]1c1cccn1-c1ccc(Br)cc1. The van der Waals surface area contributed by atoms with Crippen LogP contribution in [-0.2, 0) is 4.79 Å². The zero-order chi connectivity index (χ0) is 25.8. The molecule has 0 bridgehead atoms. The Bertz CT molecular complexity index is 1390. The molecule has 1 aliphatic heterocycles. The van der Waals surface area contributed by atoms with E-state index in [4.69, 9.17) is 17.0 Å². The average molecular weight is 577 g/mol. The van der Waals surface area contributed by atoms with Gasteiger partial charge in [-0.15, -0.1) is 0 Å². The first kappa shape index (κ1) is 25.0. The maximum atomic E-state index is 12.9. The van der Waals surface area contributed by atoms with E-state index in [1.54, 1.807) is 13.3 Å². The highest BCUT2D eigenvalue weighted by molar-refractivity contribution is 9.10. The van der Waals surface area contributed by atoms with Crippen molar-refractivity contribution in [1.82, 2.24) is 19.8 Å². The molecule has 2 atom stereocenters. The molecule has 4 aromatic rings. The predicted octanol–water partition coefficient (Wildman–Crippen LogP) is 5.64. The molecular formula is C28H26BrN5O2S. The van der Waals surface area contributed by atoms with Crippen LogP contribution in [0.1, 0.15) is 29.9 Å². The summed E-state index contributed by atoms with van der Waals surface area (Å²) in [6.07, 6.45) is 4.08. The minimum absolute atomic E-state index is 0.115. The first-order valence-electron chi connectivity index (χ1n) is 11.9. The lowest BCUT2D eigenvalue weighted by Gasteiger charge is -2.29. The fourth-order valence-electron chi connectivity index (χ4n) is 4.62. The first-order chi connectivity index (χ1) is 18.0. The van der Waals surface area contributed by atoms with Crippen LogP contribution in [-0.4, -0.2) is 39.1 Å². The molecule has 1 amide bonds. The normalized spacial score (nSPS) is 16.9. The van der Waals surface area contributed by atoms with Gasteiger partial charge in [-0.05, 0) is 72.9 Å². The molecule has 7 nitrogen and oxygen atoms in total. The second kappa shape index (κ2) is 11.1. The van der Waals surface area contributed by atoms with Crippen molar-refractivity contribution in [3.8, 4) is 11.4 Å². The number of hydrogen-bond acceptors (Lipinski definition) is 4. The molecule has 9 heteroatoms. The van der Waals surface area contributed by atoms with Crippen molar-refractivity contribution in [2.24, 2.45) is 0 Å². The summed E-state index contributed by atoms with van der Waals surface area (Å²) >= 11 is 9.31. The lowest BCUT2D eigenvalue weighted by atomic mass is 10.0. The third kappa shape index (κ3) is 5.38. The number of hydrogen-bond donors (Lipinski definition) is 2. The largest absolute Gasteiger partial charge is 0.495 e. The van der Waals surface area contributed by atoms with E-state index in [9.17, 15) is 4.79 Å². The fourth-order valence-corrected chi connectivity index (χ4v) is 5.22. The minimum atomic E-state index is -0.171. The highest BCUT2D eigenvalue weighted by Crippen LogP contribution is 2.39. The Hall–Kier alpha value is -3.69. The Morgan fingerprint density at radius 3 is 2.62 bits per heavy atom. The number of nitrogens with one attached hydrogen (secondary N) is 2. The Kier molecular flexibility index (Phi) is 7.52. The molecule has 0 aliphatic carbocycles. The van der Waals surface area contributed by atoms with Gasteiger partial charge >= 0.3 is 0 Å². The molecule has 1 saturated heterocycles. The molecule has 0 spiro atoms. The van der Waals surface area contributed by atoms with Gasteiger partial charge in [0.1, 0.15) is 5.75 Å². The molecule has 0 unspecified atom stereocenters. The maximum Gasteiger partial charge on any atom is 0.226 e. The van der Waals surface area contributed by atoms with Crippen molar-refractivity contribution in [3.05, 3.63) is 107 Å². The average Bonchev–Trinajstić information content (AvgIpc) is 3.53. The molecule has 188 valence electrons. The van der Waals surface area contributed by atoms with Crippen LogP contribution in [0.4, 0.5) is 5.69 Å². The fraction of sp³-hybridized carbons (Fsp3) is 0.179. The summed E-state index contributed by atoms with van der Waals surface area (Å²) in [4.78, 5) is 19.6. The Morgan fingerprint density at radius 2 is 1.86 bits per heavy atom. The Labute approximate surface area is 229 Å². The molecule has 5 rings (SSSR count). The Morgan fingerprint density at radius 1 is 1.08 bits per heavy atom. The van der Waals surface area contributed by atoms with E-state index in [1.807, 2.05) is 66.9 Å². The summed E-state index contributed by atoms with van der Waals surface area (Å²) in [5.74, 6) is 0.505. The van der Waals surface area contributed by atoms with E-state index in [0.29, 0.717) is 23.1 Å². The zero-order valence-corrected chi connectivity index (χ0v) is 22.6. The smallest absolute Gasteiger partial charge is 0.226 e. The third-order valence-corrected chi connectivity index (χ3v) is 7.23. The van der Waals surface area contributed by atoms with E-state index < -0.39 is 0 Å². The van der Waals surface area contributed by atoms with Crippen LogP contribution in [0.2, 0.25) is 0 Å². The lowest BCUT2D eigenvalue weighted by Crippen LogP contribution is -2.33. The summed E-state index contributed by atoms with van der Waals surface area (Å²) in [6, 6.07) is 25.2. The number of aromatic nitrogens is 2. The number of amides is 1. The van der Waals surface area contributed by atoms with E-state index in [2.05, 4.69) is 59.2 Å². The number of nitrogens with zero attached hydrogens (tertiary/aromatic N) is 3. The molecule has 2 N–H and O–H groups in total. The van der Waals surface area contributed by atoms with Gasteiger partial charge in [0.15, 0.2) is 5.11 Å². The zero-order valence-electron chi connectivity index (χ0n) is 20.2. The van der Waals surface area contributed by atoms with Crippen molar-refractivity contribution in [1.29, 1.82) is 0 Å². The second-order valence-electron chi connectivity index (χ2n) is 8.60. The number of thiocarbonyl (C=S) groups is 1. The third-order valence-electron chi connectivity index (χ3n) is 6.35. The van der Waals surface area contributed by atoms with Crippen LogP contribution >= 0.6 is 28.1 Å². The molecule has 0 saturated carbocycles. The number of anilines is 1. The van der Waals surface area contributed by atoms with E-state index in [-0.39, 0.29) is 24.4 Å². The predicted molar refractivity (Wildman–Crippen MR) is 152 cm³/mol. The number of ether oxygens (including phenoxy) is 1. The highest BCUT2D eigenvalue weighted by Gasteiger charge is 2.41. The highest BCUT2D eigenvalue weighted by atomic mass is 79.9. The molecule has 1 fully saturated rings. The second-order valence-corrected chi connectivity index (χ2v) is 9.90. The summed E-state index contributed by atoms with van der Waals surface area (Å²) in [5.41, 5.74) is 3.62. The van der Waals surface area contributed by atoms with Crippen molar-refractivity contribution < 1.29 is 9.53 Å². The van der Waals surface area contributed by atoms with Crippen LogP contribution in [0.3, 0.4) is 0 Å². The van der Waals surface area contributed by atoms with Gasteiger partial charge in [0.05, 0.1) is 30.6 Å². The molecule has 0 radical (unpaired) electrons. The number of carbonyl (C=O) groups is 1. The van der Waals surface area contributed by atoms with Crippen LogP contribution < -0.4 is 15.4 Å². The maximum absolute atomic E-state index is 12.9. The summed E-state index contributed by atoms with van der Waals surface area (Å²) in [7, 11) is 1.59. The van der Waals surface area contributed by atoms with Crippen molar-refractivity contribution in [3.63, 3.8) is 0 Å². The topological polar surface area (TPSA) is 71.4 Å². The monoisotopic (exact) mass is 575 g/mol. The van der Waals surface area contributed by atoms with E-state index in [1.165, 1.54) is 0 Å². The number of halogens is 1. The van der Waals surface area contributed by atoms with Gasteiger partial charge < -0.3 is 24.8 Å². The van der Waals surface area contributed by atoms with Gasteiger partial charge in [-0.1, -0.05) is 34.1 Å². The Balaban J connectivity index is 1.43. The molecule has 2 aromatic carbocycles. The van der Waals surface area contributed by atoms with E-state index in [0.717, 1.165) is 21.5 Å². The van der Waals surface area contributed by atoms with Crippen molar-refractivity contribution in [2.45, 2.75) is 18.5 Å². The van der Waals surface area contributed by atoms with E-state index >= 15 is 0 Å². The van der Waals surface area contributed by atoms with Crippen molar-refractivity contribution >= 4 is 44.9 Å². The van der Waals surface area contributed by atoms with Gasteiger partial charge in [0.2, 0.25) is 5.91 Å². The minimum Gasteiger partial charge on any atom is -0.495 e. The molecular weight excluding hydrogens is 550 g/mol. The van der Waals surface area contributed by atoms with Gasteiger partial charge in [0, 0.05) is 41.2 Å². The summed E-state index contributed by atoms with van der Waals surface area (Å²) < 4.78 is 8.54. The van der Waals surface area contributed by atoms with Crippen molar-refractivity contribution in [2.75, 3.05) is 19.0 Å². The number of pyridine rings is 1. The molecule has 1 aliphatic rings. The van der Waals surface area contributed by atoms with Crippen LogP contribution in [0.5, 0.6) is 5.75 Å². The number of rotatable bonds is 8. The number of carbonyl (C=O) groups excluding carboxylic acids is 1. The number of para-hydroxylation sites is 2. The van der Waals surface area contributed by atoms with Crippen LogP contribution in [0, 0.1) is 0 Å². The van der Waals surface area contributed by atoms with Crippen LogP contribution in [0.15, 0.2) is 95.7 Å². The summed E-state index contributed by atoms with van der Waals surface area (Å²) in [6.45, 7) is 0.437. The number of benzene rings is 2. The molecule has 37 heavy (non-hydrogen) atoms. The lowest BCUT2D eigenvalue weighted by molar-refractivity contribution is -0.116. The summed E-state index contributed by atoms with van der Waals surface area (Å²) in [5, 5.41) is 7.01. The van der Waals surface area contributed by atoms with Gasteiger partial charge in [-0.2, -0.15) is 0 Å². The molecule has 2 aromatic heterocycles. The standard InChI is InChI=1S/C28H26BrN5O2S/c1-36-24-10-3-2-7-21(24)31-25(35)15-18-34-27(26(32-28(34)37)22-8-4-5-16-30-22)23-9-6-17-33(23)20-13-11-19(29)12-14-20/h2-14,16-17,26-27H,15,18H2,1H3,(H,31,35)(H,32,37)/t26-,27-/m0/s1. The molecule has 3 heterocycles. The van der Waals surface area contributed by atoms with Gasteiger partial charge in [-0.3, -0.25) is 9.78 Å².